The summed E-state index contributed by atoms with van der Waals surface area (Å²) in [5.41, 5.74) is 2.01. The Morgan fingerprint density at radius 2 is 1.78 bits per heavy atom. The van der Waals surface area contributed by atoms with E-state index >= 15 is 0 Å². The smallest absolute Gasteiger partial charge is 0.249 e. The number of aliphatic hydroxyl groups is 3. The number of hydrogen-bond donors (Lipinski definition) is 6. The second-order valence-corrected chi connectivity index (χ2v) is 10.6. The van der Waals surface area contributed by atoms with Gasteiger partial charge in [-0.25, -0.2) is 0 Å². The Labute approximate surface area is 213 Å². The van der Waals surface area contributed by atoms with Crippen molar-refractivity contribution in [1.82, 2.24) is 16.0 Å². The third-order valence-electron chi connectivity index (χ3n) is 8.17. The van der Waals surface area contributed by atoms with Crippen molar-refractivity contribution >= 4 is 0 Å². The Hall–Kier alpha value is -1.18. The van der Waals surface area contributed by atoms with Crippen LogP contribution >= 0.6 is 0 Å². The molecule has 204 valence electrons. The van der Waals surface area contributed by atoms with Crippen LogP contribution in [0.1, 0.15) is 30.0 Å². The van der Waals surface area contributed by atoms with Crippen LogP contribution in [-0.2, 0) is 25.4 Å². The number of methoxy groups -OCH3 is 1. The molecule has 1 saturated carbocycles. The van der Waals surface area contributed by atoms with Gasteiger partial charge in [0.05, 0.1) is 24.3 Å². The van der Waals surface area contributed by atoms with Gasteiger partial charge in [-0.2, -0.15) is 0 Å². The Bertz CT molecular complexity index is 906. The largest absolute Gasteiger partial charge is 0.390 e. The van der Waals surface area contributed by atoms with Crippen molar-refractivity contribution in [1.29, 1.82) is 0 Å². The molecule has 6 N–H and O–H groups in total. The fraction of sp³-hybridized carbons (Fsp3) is 0.769. The highest BCUT2D eigenvalue weighted by Gasteiger charge is 2.68. The van der Waals surface area contributed by atoms with Gasteiger partial charge >= 0.3 is 0 Å². The van der Waals surface area contributed by atoms with Crippen LogP contribution in [0, 0.1) is 13.8 Å². The number of rotatable bonds is 8. The zero-order valence-electron chi connectivity index (χ0n) is 22.2. The molecule has 0 aromatic heterocycles. The molecular formula is C26H43N3O7. The van der Waals surface area contributed by atoms with Gasteiger partial charge in [0.2, 0.25) is 12.1 Å². The van der Waals surface area contributed by atoms with Crippen molar-refractivity contribution in [2.75, 3.05) is 34.3 Å². The van der Waals surface area contributed by atoms with Crippen LogP contribution in [0.3, 0.4) is 0 Å². The Morgan fingerprint density at radius 3 is 2.42 bits per heavy atom. The first-order valence-electron chi connectivity index (χ1n) is 12.8. The zero-order chi connectivity index (χ0) is 26.3. The quantitative estimate of drug-likeness (QED) is 0.251. The second kappa shape index (κ2) is 10.9. The average Bonchev–Trinajstić information content (AvgIpc) is 2.83. The lowest BCUT2D eigenvalue weighted by atomic mass is 9.77. The van der Waals surface area contributed by atoms with E-state index in [1.165, 1.54) is 16.7 Å². The topological polar surface area (TPSA) is 134 Å². The summed E-state index contributed by atoms with van der Waals surface area (Å²) in [5.74, 6) is -2.15. The summed E-state index contributed by atoms with van der Waals surface area (Å²) < 4.78 is 24.2. The SMILES string of the molecule is CNC1[C@H](OC)C2O[C@@H]3O[C@H](C)C[C@@](O)(CNCCc4ccc(C)c(C)c4)[C@]3(O)O[C@@H]2[C@@H](NC)[C@H]1O. The Morgan fingerprint density at radius 1 is 1.06 bits per heavy atom. The summed E-state index contributed by atoms with van der Waals surface area (Å²) in [6.45, 7) is 6.71. The molecule has 1 aliphatic carbocycles. The van der Waals surface area contributed by atoms with E-state index in [9.17, 15) is 15.3 Å². The Balaban J connectivity index is 1.52. The van der Waals surface area contributed by atoms with Gasteiger partial charge in [0, 0.05) is 20.1 Å². The van der Waals surface area contributed by atoms with E-state index < -0.39 is 54.2 Å². The first-order valence-corrected chi connectivity index (χ1v) is 12.8. The molecule has 4 rings (SSSR count). The Kier molecular flexibility index (Phi) is 8.43. The van der Waals surface area contributed by atoms with E-state index in [0.29, 0.717) is 6.54 Å². The van der Waals surface area contributed by atoms with Gasteiger partial charge in [-0.3, -0.25) is 0 Å². The molecule has 2 aliphatic heterocycles. The molecule has 10 nitrogen and oxygen atoms in total. The minimum Gasteiger partial charge on any atom is -0.390 e. The lowest BCUT2D eigenvalue weighted by Crippen LogP contribution is -2.81. The molecule has 10 heteroatoms. The third-order valence-corrected chi connectivity index (χ3v) is 8.17. The molecule has 2 heterocycles. The molecular weight excluding hydrogens is 466 g/mol. The highest BCUT2D eigenvalue weighted by atomic mass is 16.8. The maximum Gasteiger partial charge on any atom is 0.249 e. The van der Waals surface area contributed by atoms with E-state index in [0.717, 1.165) is 6.42 Å². The molecule has 1 aromatic rings. The van der Waals surface area contributed by atoms with Gasteiger partial charge < -0.3 is 50.2 Å². The molecule has 1 aromatic carbocycles. The van der Waals surface area contributed by atoms with E-state index in [4.69, 9.17) is 18.9 Å². The van der Waals surface area contributed by atoms with Gasteiger partial charge in [-0.1, -0.05) is 18.2 Å². The van der Waals surface area contributed by atoms with Crippen LogP contribution in [-0.4, -0.2) is 110 Å². The van der Waals surface area contributed by atoms with E-state index in [1.54, 1.807) is 21.2 Å². The lowest BCUT2D eigenvalue weighted by Gasteiger charge is -2.60. The molecule has 2 saturated heterocycles. The monoisotopic (exact) mass is 509 g/mol. The van der Waals surface area contributed by atoms with Crippen molar-refractivity contribution in [3.8, 4) is 0 Å². The van der Waals surface area contributed by atoms with Crippen LogP contribution in [0.15, 0.2) is 18.2 Å². The van der Waals surface area contributed by atoms with Crippen molar-refractivity contribution in [3.05, 3.63) is 34.9 Å². The van der Waals surface area contributed by atoms with Crippen molar-refractivity contribution in [2.24, 2.45) is 0 Å². The van der Waals surface area contributed by atoms with E-state index in [-0.39, 0.29) is 19.1 Å². The molecule has 0 bridgehead atoms. The molecule has 0 amide bonds. The van der Waals surface area contributed by atoms with Gasteiger partial charge in [0.15, 0.2) is 0 Å². The van der Waals surface area contributed by atoms with Gasteiger partial charge in [-0.15, -0.1) is 0 Å². The van der Waals surface area contributed by atoms with Crippen LogP contribution in [0.25, 0.3) is 0 Å². The molecule has 3 aliphatic rings. The minimum atomic E-state index is -2.15. The maximum absolute atomic E-state index is 11.8. The fourth-order valence-electron chi connectivity index (χ4n) is 5.97. The third kappa shape index (κ3) is 4.84. The fourth-order valence-corrected chi connectivity index (χ4v) is 5.97. The highest BCUT2D eigenvalue weighted by molar-refractivity contribution is 5.30. The summed E-state index contributed by atoms with van der Waals surface area (Å²) >= 11 is 0. The van der Waals surface area contributed by atoms with E-state index in [1.807, 2.05) is 6.92 Å². The second-order valence-electron chi connectivity index (χ2n) is 10.6. The molecule has 2 unspecified atom stereocenters. The van der Waals surface area contributed by atoms with E-state index in [2.05, 4.69) is 48.0 Å². The summed E-state index contributed by atoms with van der Waals surface area (Å²) in [4.78, 5) is 0. The molecule has 36 heavy (non-hydrogen) atoms. The predicted octanol–water partition coefficient (Wildman–Crippen LogP) is -0.660. The summed E-state index contributed by atoms with van der Waals surface area (Å²) in [6.07, 6.45) is -3.56. The first kappa shape index (κ1) is 27.8. The van der Waals surface area contributed by atoms with Gasteiger partial charge in [0.1, 0.15) is 23.9 Å². The number of ether oxygens (including phenoxy) is 4. The van der Waals surface area contributed by atoms with Gasteiger partial charge in [0.25, 0.3) is 0 Å². The normalized spacial score (nSPS) is 42.6. The van der Waals surface area contributed by atoms with Crippen molar-refractivity contribution < 1.29 is 34.3 Å². The van der Waals surface area contributed by atoms with Crippen molar-refractivity contribution in [3.63, 3.8) is 0 Å². The average molecular weight is 510 g/mol. The number of nitrogens with one attached hydrogen (secondary N) is 3. The number of fused-ring (bicyclic) bond motifs is 2. The summed E-state index contributed by atoms with van der Waals surface area (Å²) in [7, 11) is 5.00. The molecule has 0 spiro atoms. The number of aryl methyl sites for hydroxylation is 2. The lowest BCUT2D eigenvalue weighted by molar-refractivity contribution is -0.482. The summed E-state index contributed by atoms with van der Waals surface area (Å²) in [6, 6.07) is 5.37. The minimum absolute atomic E-state index is 0.0823. The number of hydrogen-bond acceptors (Lipinski definition) is 10. The van der Waals surface area contributed by atoms with Crippen LogP contribution in [0.4, 0.5) is 0 Å². The van der Waals surface area contributed by atoms with Gasteiger partial charge in [-0.05, 0) is 64.5 Å². The number of aliphatic hydroxyl groups excluding tert-OH is 1. The number of benzene rings is 1. The molecule has 0 radical (unpaired) electrons. The maximum atomic E-state index is 11.8. The standard InChI is InChI=1S/C26H43N3O7/c1-14-7-8-17(11-15(14)2)9-10-29-13-25(31)12-16(3)34-24-26(25,32)36-22-19(28-5)20(30)18(27-4)21(33-6)23(22)35-24/h7-8,11,16,18-24,27-32H,9-10,12-13H2,1-6H3/t16-,18?,19+,20+,21+,22-,23?,24+,25-,26-/m1/s1. The number of likely N-dealkylation sites (N-methyl/N-ethyl adjacent to an activating group) is 2. The summed E-state index contributed by atoms with van der Waals surface area (Å²) in [5, 5.41) is 44.1. The molecule has 3 fully saturated rings. The highest BCUT2D eigenvalue weighted by Crippen LogP contribution is 2.46. The first-order chi connectivity index (χ1) is 17.1. The van der Waals surface area contributed by atoms with Crippen LogP contribution in [0.5, 0.6) is 0 Å². The van der Waals surface area contributed by atoms with Crippen LogP contribution in [0.2, 0.25) is 0 Å². The zero-order valence-corrected chi connectivity index (χ0v) is 22.2. The van der Waals surface area contributed by atoms with Crippen LogP contribution < -0.4 is 16.0 Å². The predicted molar refractivity (Wildman–Crippen MR) is 134 cm³/mol. The molecule has 10 atom stereocenters. The van der Waals surface area contributed by atoms with Crippen molar-refractivity contribution in [2.45, 2.75) is 93.9 Å².